The number of likely N-dealkylation sites (tertiary alicyclic amines) is 1. The topological polar surface area (TPSA) is 76.1 Å². The average Bonchev–Trinajstić information content (AvgIpc) is 3.10. The molecule has 1 saturated heterocycles. The summed E-state index contributed by atoms with van der Waals surface area (Å²) in [5.74, 6) is -0.723. The van der Waals surface area contributed by atoms with E-state index in [9.17, 15) is 14.7 Å². The molecule has 4 atom stereocenters. The summed E-state index contributed by atoms with van der Waals surface area (Å²) in [5.41, 5.74) is 0.887. The molecule has 2 aliphatic rings. The molecule has 0 aromatic heterocycles. The van der Waals surface area contributed by atoms with Crippen molar-refractivity contribution < 1.29 is 24.2 Å². The first-order chi connectivity index (χ1) is 11.1. The van der Waals surface area contributed by atoms with Crippen molar-refractivity contribution in [2.45, 2.75) is 44.6 Å². The molecule has 1 heterocycles. The predicted octanol–water partition coefficient (Wildman–Crippen LogP) is 1.71. The number of hydrogen-bond donors (Lipinski definition) is 1. The Morgan fingerprint density at radius 2 is 1.96 bits per heavy atom. The fraction of sp³-hybridized carbons (Fsp3) is 0.529. The predicted molar refractivity (Wildman–Crippen MR) is 81.4 cm³/mol. The van der Waals surface area contributed by atoms with Gasteiger partial charge in [-0.1, -0.05) is 30.3 Å². The van der Waals surface area contributed by atoms with Crippen molar-refractivity contribution in [3.63, 3.8) is 0 Å². The number of hydrogen-bond acceptors (Lipinski definition) is 5. The van der Waals surface area contributed by atoms with Gasteiger partial charge >= 0.3 is 12.1 Å². The number of fused-ring (bicyclic) bond motifs is 2. The Morgan fingerprint density at radius 3 is 2.65 bits per heavy atom. The molecule has 2 bridgehead atoms. The molecule has 124 valence electrons. The van der Waals surface area contributed by atoms with E-state index < -0.39 is 24.2 Å². The highest BCUT2D eigenvalue weighted by atomic mass is 16.6. The lowest BCUT2D eigenvalue weighted by Gasteiger charge is -2.34. The summed E-state index contributed by atoms with van der Waals surface area (Å²) in [6.07, 6.45) is 0.0189. The maximum Gasteiger partial charge on any atom is 0.411 e. The van der Waals surface area contributed by atoms with Crippen LogP contribution >= 0.6 is 0 Å². The molecule has 23 heavy (non-hydrogen) atoms. The third kappa shape index (κ3) is 3.03. The van der Waals surface area contributed by atoms with Gasteiger partial charge in [-0.25, -0.2) is 9.59 Å². The summed E-state index contributed by atoms with van der Waals surface area (Å²) in [7, 11) is 0. The third-order valence-electron chi connectivity index (χ3n) is 4.59. The van der Waals surface area contributed by atoms with Crippen LogP contribution in [0, 0.1) is 5.92 Å². The van der Waals surface area contributed by atoms with E-state index in [1.165, 1.54) is 4.90 Å². The van der Waals surface area contributed by atoms with Crippen LogP contribution in [0.25, 0.3) is 0 Å². The molecule has 1 aliphatic carbocycles. The molecule has 1 aliphatic heterocycles. The first-order valence-corrected chi connectivity index (χ1v) is 7.95. The average molecular weight is 319 g/mol. The van der Waals surface area contributed by atoms with E-state index in [1.54, 1.807) is 6.92 Å². The van der Waals surface area contributed by atoms with Gasteiger partial charge in [-0.15, -0.1) is 0 Å². The molecule has 0 radical (unpaired) electrons. The van der Waals surface area contributed by atoms with E-state index in [-0.39, 0.29) is 25.2 Å². The van der Waals surface area contributed by atoms with Crippen LogP contribution in [0.15, 0.2) is 30.3 Å². The van der Waals surface area contributed by atoms with Crippen LogP contribution in [-0.4, -0.2) is 46.9 Å². The number of piperidine rings is 1. The number of esters is 1. The van der Waals surface area contributed by atoms with Crippen molar-refractivity contribution in [3.8, 4) is 0 Å². The van der Waals surface area contributed by atoms with Crippen molar-refractivity contribution in [2.24, 2.45) is 5.92 Å². The zero-order chi connectivity index (χ0) is 16.4. The van der Waals surface area contributed by atoms with Gasteiger partial charge in [-0.05, 0) is 25.3 Å². The second-order valence-corrected chi connectivity index (χ2v) is 6.00. The maximum absolute atomic E-state index is 12.4. The number of amides is 1. The van der Waals surface area contributed by atoms with Gasteiger partial charge in [0, 0.05) is 12.0 Å². The summed E-state index contributed by atoms with van der Waals surface area (Å²) < 4.78 is 10.4. The van der Waals surface area contributed by atoms with E-state index in [0.29, 0.717) is 12.8 Å². The number of carbonyl (C=O) groups is 2. The number of aliphatic hydroxyl groups is 1. The Labute approximate surface area is 135 Å². The zero-order valence-corrected chi connectivity index (χ0v) is 13.1. The maximum atomic E-state index is 12.4. The highest BCUT2D eigenvalue weighted by Crippen LogP contribution is 2.43. The van der Waals surface area contributed by atoms with Gasteiger partial charge in [0.05, 0.1) is 12.7 Å². The van der Waals surface area contributed by atoms with Crippen molar-refractivity contribution >= 4 is 12.1 Å². The van der Waals surface area contributed by atoms with Crippen LogP contribution < -0.4 is 0 Å². The van der Waals surface area contributed by atoms with E-state index in [0.717, 1.165) is 5.56 Å². The summed E-state index contributed by atoms with van der Waals surface area (Å²) in [4.78, 5) is 26.1. The molecular weight excluding hydrogens is 298 g/mol. The largest absolute Gasteiger partial charge is 0.464 e. The number of carbonyl (C=O) groups excluding carboxylic acids is 2. The van der Waals surface area contributed by atoms with Gasteiger partial charge in [0.2, 0.25) is 0 Å². The summed E-state index contributed by atoms with van der Waals surface area (Å²) in [6.45, 7) is 2.13. The molecule has 2 fully saturated rings. The van der Waals surface area contributed by atoms with Crippen LogP contribution in [-0.2, 0) is 20.9 Å². The highest BCUT2D eigenvalue weighted by Gasteiger charge is 2.56. The van der Waals surface area contributed by atoms with E-state index in [1.807, 2.05) is 30.3 Å². The molecule has 3 rings (SSSR count). The van der Waals surface area contributed by atoms with Gasteiger partial charge in [0.15, 0.2) is 0 Å². The molecule has 1 aromatic rings. The van der Waals surface area contributed by atoms with Gasteiger partial charge in [-0.2, -0.15) is 0 Å². The number of benzene rings is 1. The van der Waals surface area contributed by atoms with E-state index in [2.05, 4.69) is 0 Å². The first kappa shape index (κ1) is 15.8. The molecule has 1 amide bonds. The van der Waals surface area contributed by atoms with Crippen molar-refractivity contribution in [1.82, 2.24) is 4.90 Å². The normalized spacial score (nSPS) is 28.7. The van der Waals surface area contributed by atoms with Crippen LogP contribution in [0.3, 0.4) is 0 Å². The van der Waals surface area contributed by atoms with Crippen molar-refractivity contribution in [1.29, 1.82) is 0 Å². The molecule has 6 nitrogen and oxygen atoms in total. The minimum Gasteiger partial charge on any atom is -0.464 e. The Kier molecular flexibility index (Phi) is 4.52. The fourth-order valence-electron chi connectivity index (χ4n) is 3.59. The smallest absolute Gasteiger partial charge is 0.411 e. The Morgan fingerprint density at radius 1 is 1.22 bits per heavy atom. The van der Waals surface area contributed by atoms with Gasteiger partial charge < -0.3 is 14.6 Å². The van der Waals surface area contributed by atoms with Gasteiger partial charge in [0.1, 0.15) is 12.6 Å². The first-order valence-electron chi connectivity index (χ1n) is 7.95. The minimum absolute atomic E-state index is 0.158. The van der Waals surface area contributed by atoms with Crippen LogP contribution in [0.4, 0.5) is 4.79 Å². The van der Waals surface area contributed by atoms with Crippen LogP contribution in [0.1, 0.15) is 25.3 Å². The fourth-order valence-corrected chi connectivity index (χ4v) is 3.59. The lowest BCUT2D eigenvalue weighted by atomic mass is 9.96. The molecular formula is C17H21NO5. The third-order valence-corrected chi connectivity index (χ3v) is 4.59. The molecule has 0 spiro atoms. The molecule has 1 saturated carbocycles. The summed E-state index contributed by atoms with van der Waals surface area (Å²) in [6, 6.07) is 8.48. The minimum atomic E-state index is -0.744. The van der Waals surface area contributed by atoms with Gasteiger partial charge in [-0.3, -0.25) is 4.90 Å². The molecule has 1 aromatic carbocycles. The standard InChI is InChI=1S/C17H21NO5/c1-2-22-16(20)15-13-8-12(9-14(13)19)18(15)17(21)23-10-11-6-4-3-5-7-11/h3-7,12-15,19H,2,8-10H2,1H3/t12-,13+,14+,15-/m0/s1. The Hall–Kier alpha value is -2.08. The Balaban J connectivity index is 1.69. The lowest BCUT2D eigenvalue weighted by molar-refractivity contribution is -0.152. The number of nitrogens with zero attached hydrogens (tertiary/aromatic N) is 1. The lowest BCUT2D eigenvalue weighted by Crippen LogP contribution is -2.53. The monoisotopic (exact) mass is 319 g/mol. The quantitative estimate of drug-likeness (QED) is 0.855. The highest BCUT2D eigenvalue weighted by molar-refractivity contribution is 5.83. The zero-order valence-electron chi connectivity index (χ0n) is 13.1. The number of ether oxygens (including phenoxy) is 2. The molecule has 0 unspecified atom stereocenters. The van der Waals surface area contributed by atoms with Gasteiger partial charge in [0.25, 0.3) is 0 Å². The number of aliphatic hydroxyl groups excluding tert-OH is 1. The van der Waals surface area contributed by atoms with Crippen LogP contribution in [0.5, 0.6) is 0 Å². The number of rotatable bonds is 4. The van der Waals surface area contributed by atoms with Crippen LogP contribution in [0.2, 0.25) is 0 Å². The Bertz CT molecular complexity index is 576. The van der Waals surface area contributed by atoms with E-state index in [4.69, 9.17) is 9.47 Å². The SMILES string of the molecule is CCOC(=O)[C@@H]1[C@@H]2C[C@@H](C[C@H]2O)N1C(=O)OCc1ccccc1. The van der Waals surface area contributed by atoms with Crippen molar-refractivity contribution in [3.05, 3.63) is 35.9 Å². The second kappa shape index (κ2) is 6.58. The molecule has 1 N–H and O–H groups in total. The second-order valence-electron chi connectivity index (χ2n) is 6.00. The summed E-state index contributed by atoms with van der Waals surface area (Å²) >= 11 is 0. The van der Waals surface area contributed by atoms with Crippen molar-refractivity contribution in [2.75, 3.05) is 6.61 Å². The van der Waals surface area contributed by atoms with E-state index >= 15 is 0 Å². The summed E-state index contributed by atoms with van der Waals surface area (Å²) in [5, 5.41) is 10.0. The molecule has 6 heteroatoms.